The van der Waals surface area contributed by atoms with E-state index in [4.69, 9.17) is 28.6 Å². The van der Waals surface area contributed by atoms with Crippen LogP contribution in [0.3, 0.4) is 0 Å². The number of pyridine rings is 1. The summed E-state index contributed by atoms with van der Waals surface area (Å²) < 4.78 is 7.11. The molecule has 0 spiro atoms. The molecule has 6 rings (SSSR count). The lowest BCUT2D eigenvalue weighted by Gasteiger charge is -2.29. The van der Waals surface area contributed by atoms with Gasteiger partial charge in [0.2, 0.25) is 5.91 Å². The van der Waals surface area contributed by atoms with Crippen molar-refractivity contribution in [2.24, 2.45) is 0 Å². The van der Waals surface area contributed by atoms with Crippen molar-refractivity contribution in [1.82, 2.24) is 14.9 Å². The highest BCUT2D eigenvalue weighted by molar-refractivity contribution is 7.80. The molecule has 200 valence electrons. The Hall–Kier alpha value is -4.24. The number of nitrogens with zero attached hydrogens (tertiary/aromatic N) is 3. The molecule has 1 amide bonds. The van der Waals surface area contributed by atoms with Crippen LogP contribution in [0.4, 0.5) is 11.4 Å². The lowest BCUT2D eigenvalue weighted by Crippen LogP contribution is -2.30. The summed E-state index contributed by atoms with van der Waals surface area (Å²) in [5.41, 5.74) is 4.25. The van der Waals surface area contributed by atoms with E-state index in [2.05, 4.69) is 67.7 Å². The second-order valence-electron chi connectivity index (χ2n) is 9.48. The second kappa shape index (κ2) is 11.1. The van der Waals surface area contributed by atoms with Crippen LogP contribution in [-0.4, -0.2) is 34.3 Å². The van der Waals surface area contributed by atoms with Gasteiger partial charge in [0.15, 0.2) is 5.11 Å². The third-order valence-corrected chi connectivity index (χ3v) is 7.60. The number of carbonyl (C=O) groups is 1. The molecule has 3 aromatic carbocycles. The van der Waals surface area contributed by atoms with E-state index in [0.29, 0.717) is 15.8 Å². The Balaban J connectivity index is 1.44. The van der Waals surface area contributed by atoms with Crippen LogP contribution in [0.25, 0.3) is 16.5 Å². The maximum absolute atomic E-state index is 12.1. The predicted molar refractivity (Wildman–Crippen MR) is 163 cm³/mol. The Morgan fingerprint density at radius 3 is 2.58 bits per heavy atom. The largest absolute Gasteiger partial charge is 0.375 e. The van der Waals surface area contributed by atoms with Crippen LogP contribution >= 0.6 is 23.8 Å². The lowest BCUT2D eigenvalue weighted by molar-refractivity contribution is -0.119. The van der Waals surface area contributed by atoms with Crippen molar-refractivity contribution >= 4 is 57.0 Å². The molecule has 0 saturated carbocycles. The number of fused-ring (bicyclic) bond motifs is 1. The van der Waals surface area contributed by atoms with Crippen LogP contribution in [0, 0.1) is 0 Å². The topological polar surface area (TPSA) is 71.4 Å². The minimum atomic E-state index is -0.281. The molecule has 40 heavy (non-hydrogen) atoms. The van der Waals surface area contributed by atoms with Gasteiger partial charge in [0.1, 0.15) is 12.6 Å². The molecule has 0 aliphatic carbocycles. The Morgan fingerprint density at radius 2 is 1.80 bits per heavy atom. The summed E-state index contributed by atoms with van der Waals surface area (Å²) in [5.74, 6) is -0.281. The molecule has 5 aromatic rings. The van der Waals surface area contributed by atoms with Crippen molar-refractivity contribution < 1.29 is 9.53 Å². The molecular weight excluding hydrogens is 542 g/mol. The summed E-state index contributed by atoms with van der Waals surface area (Å²) in [5, 5.41) is 9.58. The van der Waals surface area contributed by atoms with Crippen LogP contribution in [0.5, 0.6) is 0 Å². The number of anilines is 2. The first kappa shape index (κ1) is 26.0. The normalized spacial score (nSPS) is 16.8. The monoisotopic (exact) mass is 567 g/mol. The molecule has 1 aliphatic rings. The SMILES string of the molecule is COCC(=O)Nc1ccc(N2C(=S)N[C@H](c3ccccn3)[C@H]2c2cccn2-c2ccc3ccccc3c2)cc1Cl. The molecule has 1 saturated heterocycles. The highest BCUT2D eigenvalue weighted by atomic mass is 35.5. The van der Waals surface area contributed by atoms with E-state index in [1.54, 1.807) is 12.3 Å². The van der Waals surface area contributed by atoms with Gasteiger partial charge in [0.05, 0.1) is 22.4 Å². The number of methoxy groups -OCH3 is 1. The van der Waals surface area contributed by atoms with Gasteiger partial charge < -0.3 is 24.8 Å². The number of hydrogen-bond donors (Lipinski definition) is 2. The number of hydrogen-bond acceptors (Lipinski definition) is 4. The van der Waals surface area contributed by atoms with Crippen LogP contribution in [0.2, 0.25) is 5.02 Å². The molecule has 0 bridgehead atoms. The van der Waals surface area contributed by atoms with Crippen molar-refractivity contribution in [3.8, 4) is 5.69 Å². The van der Waals surface area contributed by atoms with Crippen LogP contribution in [0.15, 0.2) is 103 Å². The van der Waals surface area contributed by atoms with Crippen molar-refractivity contribution in [1.29, 1.82) is 0 Å². The molecule has 0 radical (unpaired) electrons. The van der Waals surface area contributed by atoms with E-state index in [-0.39, 0.29) is 24.6 Å². The Bertz CT molecular complexity index is 1710. The molecule has 3 heterocycles. The number of carbonyl (C=O) groups excluding carboxylic acids is 1. The maximum atomic E-state index is 12.1. The van der Waals surface area contributed by atoms with Gasteiger partial charge in [-0.2, -0.15) is 0 Å². The number of halogens is 1. The van der Waals surface area contributed by atoms with Gasteiger partial charge in [0.25, 0.3) is 0 Å². The summed E-state index contributed by atoms with van der Waals surface area (Å²) in [6.07, 6.45) is 3.85. The van der Waals surface area contributed by atoms with E-state index in [1.165, 1.54) is 12.5 Å². The number of rotatable bonds is 7. The average Bonchev–Trinajstić information content (AvgIpc) is 3.59. The van der Waals surface area contributed by atoms with E-state index in [1.807, 2.05) is 48.5 Å². The Morgan fingerprint density at radius 1 is 1.00 bits per heavy atom. The first-order valence-electron chi connectivity index (χ1n) is 12.8. The average molecular weight is 568 g/mol. The van der Waals surface area contributed by atoms with Gasteiger partial charge >= 0.3 is 0 Å². The fraction of sp³-hybridized carbons (Fsp3) is 0.129. The maximum Gasteiger partial charge on any atom is 0.250 e. The quantitative estimate of drug-likeness (QED) is 0.221. The van der Waals surface area contributed by atoms with Crippen molar-refractivity contribution in [3.63, 3.8) is 0 Å². The zero-order valence-electron chi connectivity index (χ0n) is 21.6. The van der Waals surface area contributed by atoms with Gasteiger partial charge in [0, 0.05) is 36.6 Å². The van der Waals surface area contributed by atoms with Crippen LogP contribution in [0.1, 0.15) is 23.5 Å². The van der Waals surface area contributed by atoms with Crippen LogP contribution < -0.4 is 15.5 Å². The lowest BCUT2D eigenvalue weighted by atomic mass is 10.0. The van der Waals surface area contributed by atoms with Crippen LogP contribution in [-0.2, 0) is 9.53 Å². The Labute approximate surface area is 242 Å². The molecular formula is C31H26ClN5O2S. The highest BCUT2D eigenvalue weighted by Crippen LogP contribution is 2.43. The number of benzene rings is 3. The first-order chi connectivity index (χ1) is 19.5. The summed E-state index contributed by atoms with van der Waals surface area (Å²) in [4.78, 5) is 18.8. The van der Waals surface area contributed by atoms with E-state index < -0.39 is 0 Å². The molecule has 1 aliphatic heterocycles. The molecule has 9 heteroatoms. The van der Waals surface area contributed by atoms with Gasteiger partial charge in [-0.25, -0.2) is 0 Å². The zero-order valence-corrected chi connectivity index (χ0v) is 23.2. The molecule has 2 aromatic heterocycles. The highest BCUT2D eigenvalue weighted by Gasteiger charge is 2.42. The van der Waals surface area contributed by atoms with Crippen molar-refractivity contribution in [2.75, 3.05) is 23.9 Å². The van der Waals surface area contributed by atoms with Gasteiger partial charge in [-0.1, -0.05) is 48.0 Å². The standard InChI is InChI=1S/C31H26ClN5O2S/c1-39-19-28(38)34-25-14-13-23(18-24(25)32)37-30(29(35-31(37)40)26-9-4-5-15-33-26)27-10-6-16-36(27)22-12-11-20-7-2-3-8-21(20)17-22/h2-18,29-30H,19H2,1H3,(H,34,38)(H,35,40)/t29-,30-/m1/s1. The number of thiocarbonyl (C=S) groups is 1. The first-order valence-corrected chi connectivity index (χ1v) is 13.6. The molecule has 7 nitrogen and oxygen atoms in total. The van der Waals surface area contributed by atoms with Gasteiger partial charge in [-0.3, -0.25) is 9.78 Å². The van der Waals surface area contributed by atoms with Crippen molar-refractivity contribution in [2.45, 2.75) is 12.1 Å². The van der Waals surface area contributed by atoms with E-state index in [9.17, 15) is 4.79 Å². The number of nitrogens with one attached hydrogen (secondary N) is 2. The number of aromatic nitrogens is 2. The second-order valence-corrected chi connectivity index (χ2v) is 10.3. The minimum Gasteiger partial charge on any atom is -0.375 e. The molecule has 0 unspecified atom stereocenters. The fourth-order valence-corrected chi connectivity index (χ4v) is 5.77. The van der Waals surface area contributed by atoms with Crippen molar-refractivity contribution in [3.05, 3.63) is 120 Å². The summed E-state index contributed by atoms with van der Waals surface area (Å²) in [6, 6.07) is 29.8. The number of amides is 1. The molecule has 2 N–H and O–H groups in total. The third kappa shape index (κ3) is 4.93. The smallest absolute Gasteiger partial charge is 0.250 e. The van der Waals surface area contributed by atoms with Gasteiger partial charge in [-0.05, 0) is 77.6 Å². The number of ether oxygens (including phenoxy) is 1. The molecule has 1 fully saturated rings. The van der Waals surface area contributed by atoms with Gasteiger partial charge in [-0.15, -0.1) is 0 Å². The summed E-state index contributed by atoms with van der Waals surface area (Å²) >= 11 is 12.5. The molecule has 2 atom stereocenters. The zero-order chi connectivity index (χ0) is 27.6. The fourth-order valence-electron chi connectivity index (χ4n) is 5.20. The minimum absolute atomic E-state index is 0.0577. The predicted octanol–water partition coefficient (Wildman–Crippen LogP) is 6.44. The summed E-state index contributed by atoms with van der Waals surface area (Å²) in [6.45, 7) is -0.0577. The van der Waals surface area contributed by atoms with E-state index >= 15 is 0 Å². The third-order valence-electron chi connectivity index (χ3n) is 6.97. The Kier molecular flexibility index (Phi) is 7.21. The van der Waals surface area contributed by atoms with E-state index in [0.717, 1.165) is 28.1 Å². The summed E-state index contributed by atoms with van der Waals surface area (Å²) in [7, 11) is 1.47.